The van der Waals surface area contributed by atoms with Crippen LogP contribution < -0.4 is 11.3 Å². The molecule has 1 saturated carbocycles. The number of H-pyrrole nitrogens is 1. The molecule has 1 heterocycles. The lowest BCUT2D eigenvalue weighted by Crippen LogP contribution is -2.23. The first kappa shape index (κ1) is 9.52. The normalized spacial score (nSPS) is 18.5. The summed E-state index contributed by atoms with van der Waals surface area (Å²) in [6, 6.07) is 0. The maximum absolute atomic E-state index is 11.5. The van der Waals surface area contributed by atoms with Crippen LogP contribution in [-0.4, -0.2) is 15.3 Å². The van der Waals surface area contributed by atoms with Gasteiger partial charge in [-0.3, -0.25) is 14.6 Å². The molecule has 4 heteroatoms. The topological polar surface area (TPSA) is 63.8 Å². The minimum absolute atomic E-state index is 0.0363. The SMILES string of the molecule is Cc1c(CCC2(N)CC2)c(=O)[nH]n1C. The van der Waals surface area contributed by atoms with Crippen LogP contribution in [0.15, 0.2) is 4.79 Å². The van der Waals surface area contributed by atoms with E-state index in [0.29, 0.717) is 0 Å². The maximum Gasteiger partial charge on any atom is 0.267 e. The molecule has 0 spiro atoms. The number of aryl methyl sites for hydroxylation is 1. The van der Waals surface area contributed by atoms with E-state index in [-0.39, 0.29) is 11.1 Å². The number of aromatic nitrogens is 2. The molecular weight excluding hydrogens is 178 g/mol. The molecule has 0 saturated heterocycles. The largest absolute Gasteiger partial charge is 0.325 e. The van der Waals surface area contributed by atoms with Crippen LogP contribution in [0.1, 0.15) is 30.5 Å². The highest BCUT2D eigenvalue weighted by molar-refractivity contribution is 5.17. The van der Waals surface area contributed by atoms with Crippen molar-refractivity contribution in [1.29, 1.82) is 0 Å². The highest BCUT2D eigenvalue weighted by Crippen LogP contribution is 2.36. The van der Waals surface area contributed by atoms with Gasteiger partial charge in [0.15, 0.2) is 0 Å². The third-order valence-electron chi connectivity index (χ3n) is 3.25. The van der Waals surface area contributed by atoms with Gasteiger partial charge in [-0.25, -0.2) is 0 Å². The van der Waals surface area contributed by atoms with Gasteiger partial charge in [0, 0.05) is 23.8 Å². The van der Waals surface area contributed by atoms with Gasteiger partial charge in [-0.05, 0) is 32.6 Å². The Labute approximate surface area is 83.1 Å². The van der Waals surface area contributed by atoms with Gasteiger partial charge < -0.3 is 5.73 Å². The van der Waals surface area contributed by atoms with E-state index in [9.17, 15) is 4.79 Å². The monoisotopic (exact) mass is 195 g/mol. The third-order valence-corrected chi connectivity index (χ3v) is 3.25. The second kappa shape index (κ2) is 2.98. The van der Waals surface area contributed by atoms with Crippen LogP contribution in [0.25, 0.3) is 0 Å². The average molecular weight is 195 g/mol. The van der Waals surface area contributed by atoms with Crippen molar-refractivity contribution < 1.29 is 0 Å². The Bertz CT molecular complexity index is 398. The molecule has 3 N–H and O–H groups in total. The Hall–Kier alpha value is -1.03. The fourth-order valence-electron chi connectivity index (χ4n) is 1.75. The van der Waals surface area contributed by atoms with Crippen LogP contribution in [0.2, 0.25) is 0 Å². The first-order valence-electron chi connectivity index (χ1n) is 5.05. The van der Waals surface area contributed by atoms with Crippen molar-refractivity contribution in [3.63, 3.8) is 0 Å². The minimum atomic E-state index is 0.0363. The molecule has 14 heavy (non-hydrogen) atoms. The second-order valence-electron chi connectivity index (χ2n) is 4.43. The third kappa shape index (κ3) is 1.62. The summed E-state index contributed by atoms with van der Waals surface area (Å²) in [5.41, 5.74) is 7.97. The highest BCUT2D eigenvalue weighted by Gasteiger charge is 2.37. The summed E-state index contributed by atoms with van der Waals surface area (Å²) < 4.78 is 1.77. The van der Waals surface area contributed by atoms with Crippen molar-refractivity contribution in [3.05, 3.63) is 21.6 Å². The molecular formula is C10H17N3O. The zero-order chi connectivity index (χ0) is 10.3. The van der Waals surface area contributed by atoms with Gasteiger partial charge in [-0.2, -0.15) is 0 Å². The summed E-state index contributed by atoms with van der Waals surface area (Å²) in [6.45, 7) is 1.96. The molecule has 0 aromatic carbocycles. The van der Waals surface area contributed by atoms with Crippen molar-refractivity contribution in [2.75, 3.05) is 0 Å². The zero-order valence-corrected chi connectivity index (χ0v) is 8.76. The molecule has 2 rings (SSSR count). The van der Waals surface area contributed by atoms with Gasteiger partial charge >= 0.3 is 0 Å². The molecule has 1 fully saturated rings. The summed E-state index contributed by atoms with van der Waals surface area (Å²) in [5.74, 6) is 0. The predicted octanol–water partition coefficient (Wildman–Crippen LogP) is 0.446. The molecule has 0 atom stereocenters. The molecule has 1 aliphatic carbocycles. The first-order valence-corrected chi connectivity index (χ1v) is 5.05. The van der Waals surface area contributed by atoms with E-state index < -0.39 is 0 Å². The number of hydrogen-bond donors (Lipinski definition) is 2. The lowest BCUT2D eigenvalue weighted by molar-refractivity contribution is 0.606. The van der Waals surface area contributed by atoms with E-state index in [1.807, 2.05) is 14.0 Å². The van der Waals surface area contributed by atoms with Crippen molar-refractivity contribution in [2.24, 2.45) is 12.8 Å². The second-order valence-corrected chi connectivity index (χ2v) is 4.43. The molecule has 1 aliphatic rings. The van der Waals surface area contributed by atoms with Gasteiger partial charge in [0.2, 0.25) is 0 Å². The van der Waals surface area contributed by atoms with Crippen LogP contribution in [0, 0.1) is 6.92 Å². The molecule has 0 aliphatic heterocycles. The van der Waals surface area contributed by atoms with Crippen LogP contribution in [0.3, 0.4) is 0 Å². The van der Waals surface area contributed by atoms with Crippen LogP contribution in [-0.2, 0) is 13.5 Å². The molecule has 78 valence electrons. The average Bonchev–Trinajstić information content (AvgIpc) is 2.78. The van der Waals surface area contributed by atoms with Gasteiger partial charge in [0.05, 0.1) is 0 Å². The van der Waals surface area contributed by atoms with E-state index >= 15 is 0 Å². The Morgan fingerprint density at radius 2 is 2.21 bits per heavy atom. The van der Waals surface area contributed by atoms with Gasteiger partial charge in [-0.15, -0.1) is 0 Å². The van der Waals surface area contributed by atoms with Gasteiger partial charge in [-0.1, -0.05) is 0 Å². The first-order chi connectivity index (χ1) is 6.52. The fourth-order valence-corrected chi connectivity index (χ4v) is 1.75. The summed E-state index contributed by atoms with van der Waals surface area (Å²) >= 11 is 0. The number of rotatable bonds is 3. The van der Waals surface area contributed by atoms with E-state index in [1.54, 1.807) is 4.68 Å². The van der Waals surface area contributed by atoms with E-state index in [2.05, 4.69) is 5.10 Å². The Kier molecular flexibility index (Phi) is 2.03. The Balaban J connectivity index is 2.12. The lowest BCUT2D eigenvalue weighted by Gasteiger charge is -2.06. The van der Waals surface area contributed by atoms with Crippen LogP contribution >= 0.6 is 0 Å². The Morgan fingerprint density at radius 3 is 2.64 bits per heavy atom. The Morgan fingerprint density at radius 1 is 1.57 bits per heavy atom. The number of nitrogens with two attached hydrogens (primary N) is 1. The zero-order valence-electron chi connectivity index (χ0n) is 8.76. The van der Waals surface area contributed by atoms with Crippen molar-refractivity contribution >= 4 is 0 Å². The standard InChI is InChI=1S/C10H17N3O/c1-7-8(9(14)12-13(7)2)3-4-10(11)5-6-10/h3-6,11H2,1-2H3,(H,12,14). The molecule has 0 radical (unpaired) electrons. The van der Waals surface area contributed by atoms with Crippen molar-refractivity contribution in [1.82, 2.24) is 9.78 Å². The van der Waals surface area contributed by atoms with Crippen LogP contribution in [0.5, 0.6) is 0 Å². The lowest BCUT2D eigenvalue weighted by atomic mass is 10.1. The molecule has 0 unspecified atom stereocenters. The molecule has 1 aromatic heterocycles. The smallest absolute Gasteiger partial charge is 0.267 e. The van der Waals surface area contributed by atoms with E-state index in [1.165, 1.54) is 0 Å². The van der Waals surface area contributed by atoms with Crippen molar-refractivity contribution in [3.8, 4) is 0 Å². The number of nitrogens with one attached hydrogen (secondary N) is 1. The number of nitrogens with zero attached hydrogens (tertiary/aromatic N) is 1. The number of aromatic amines is 1. The van der Waals surface area contributed by atoms with Gasteiger partial charge in [0.25, 0.3) is 5.56 Å². The summed E-state index contributed by atoms with van der Waals surface area (Å²) in [4.78, 5) is 11.5. The summed E-state index contributed by atoms with van der Waals surface area (Å²) in [6.07, 6.45) is 3.95. The van der Waals surface area contributed by atoms with E-state index in [0.717, 1.165) is 36.9 Å². The quantitative estimate of drug-likeness (QED) is 0.735. The maximum atomic E-state index is 11.5. The van der Waals surface area contributed by atoms with Crippen molar-refractivity contribution in [2.45, 2.75) is 38.1 Å². The van der Waals surface area contributed by atoms with Gasteiger partial charge in [0.1, 0.15) is 0 Å². The molecule has 4 nitrogen and oxygen atoms in total. The summed E-state index contributed by atoms with van der Waals surface area (Å²) in [5, 5.41) is 2.75. The summed E-state index contributed by atoms with van der Waals surface area (Å²) in [7, 11) is 1.86. The molecule has 0 bridgehead atoms. The minimum Gasteiger partial charge on any atom is -0.325 e. The highest BCUT2D eigenvalue weighted by atomic mass is 16.1. The van der Waals surface area contributed by atoms with E-state index in [4.69, 9.17) is 5.73 Å². The number of hydrogen-bond acceptors (Lipinski definition) is 2. The molecule has 0 amide bonds. The predicted molar refractivity (Wildman–Crippen MR) is 55.2 cm³/mol. The van der Waals surface area contributed by atoms with Crippen LogP contribution in [0.4, 0.5) is 0 Å². The fraction of sp³-hybridized carbons (Fsp3) is 0.700. The molecule has 1 aromatic rings.